The van der Waals surface area contributed by atoms with E-state index in [9.17, 15) is 0 Å². The summed E-state index contributed by atoms with van der Waals surface area (Å²) >= 11 is 0. The van der Waals surface area contributed by atoms with Crippen LogP contribution in [0.5, 0.6) is 0 Å². The zero-order chi connectivity index (χ0) is 4.83. The van der Waals surface area contributed by atoms with E-state index in [1.165, 1.54) is 6.61 Å². The van der Waals surface area contributed by atoms with Crippen LogP contribution in [0, 0.1) is 55.3 Å². The molecule has 0 aliphatic heterocycles. The molecule has 0 spiro atoms. The molecule has 0 saturated heterocycles. The molecule has 0 aliphatic rings. The van der Waals surface area contributed by atoms with Crippen LogP contribution in [0.4, 0.5) is 0 Å². The number of aliphatic hydroxyl groups excluding tert-OH is 1. The number of aliphatic hydroxyl groups is 1. The zero-order valence-electron chi connectivity index (χ0n) is 4.85. The van der Waals surface area contributed by atoms with Crippen LogP contribution in [0.15, 0.2) is 0 Å². The number of rotatable bonds is 3. The van der Waals surface area contributed by atoms with Gasteiger partial charge in [0.1, 0.15) is 0 Å². The first-order valence-corrected chi connectivity index (χ1v) is 2.17. The third kappa shape index (κ3) is 15.7. The van der Waals surface area contributed by atoms with Crippen LogP contribution < -0.4 is 0 Å². The third-order valence-corrected chi connectivity index (χ3v) is 0.583. The quantitative estimate of drug-likeness (QED) is 0.576. The summed E-state index contributed by atoms with van der Waals surface area (Å²) in [6.45, 7) is 4.76. The predicted molar refractivity (Wildman–Crippen MR) is 29.1 cm³/mol. The van der Waals surface area contributed by atoms with Crippen molar-refractivity contribution in [1.82, 2.24) is 0 Å². The van der Waals surface area contributed by atoms with E-state index in [4.69, 9.17) is 5.11 Å². The molecule has 0 radical (unpaired) electrons. The van der Waals surface area contributed by atoms with Crippen LogP contribution in [0.2, 0.25) is 0 Å². The summed E-state index contributed by atoms with van der Waals surface area (Å²) in [5.41, 5.74) is 0. The topological polar surface area (TPSA) is 51.7 Å². The fraction of sp³-hybridized carbons (Fsp3) is 0.600. The molecular formula is C5H12CeO2-2. The minimum Gasteiger partial charge on any atom is -0.566 e. The minimum atomic E-state index is 0. The zero-order valence-corrected chi connectivity index (χ0v) is 7.99. The molecule has 0 amide bonds. The first kappa shape index (κ1) is 16.1. The van der Waals surface area contributed by atoms with E-state index < -0.39 is 0 Å². The number of unbranched alkanes of at least 4 members (excludes halogenated alkanes) is 2. The van der Waals surface area contributed by atoms with Crippen molar-refractivity contribution in [2.45, 2.75) is 19.3 Å². The van der Waals surface area contributed by atoms with E-state index in [0.717, 1.165) is 19.3 Å². The molecule has 0 rings (SSSR count). The Morgan fingerprint density at radius 3 is 2.12 bits per heavy atom. The summed E-state index contributed by atoms with van der Waals surface area (Å²) in [7, 11) is 0. The molecule has 8 heavy (non-hydrogen) atoms. The van der Waals surface area contributed by atoms with Crippen LogP contribution in [0.1, 0.15) is 19.3 Å². The second-order valence-corrected chi connectivity index (χ2v) is 1.18. The van der Waals surface area contributed by atoms with Crippen molar-refractivity contribution < 1.29 is 52.3 Å². The molecule has 0 aromatic heterocycles. The molecular weight excluding hydrogens is 232 g/mol. The average Bonchev–Trinajstić information content (AvgIpc) is 1.61. The predicted octanol–water partition coefficient (Wildman–Crippen LogP) is 0.700. The van der Waals surface area contributed by atoms with Crippen LogP contribution in [-0.2, 0) is 0 Å². The summed E-state index contributed by atoms with van der Waals surface area (Å²) in [6.07, 6.45) is 2.69. The smallest absolute Gasteiger partial charge is 0 e. The first-order valence-electron chi connectivity index (χ1n) is 2.17. The Kier molecular flexibility index (Phi) is 31.8. The van der Waals surface area contributed by atoms with E-state index in [1.54, 1.807) is 0 Å². The first-order chi connectivity index (χ1) is 2.91. The van der Waals surface area contributed by atoms with E-state index in [2.05, 4.69) is 6.92 Å². The molecule has 0 aromatic rings. The van der Waals surface area contributed by atoms with Crippen molar-refractivity contribution in [3.63, 3.8) is 0 Å². The standard InChI is InChI=1S/C5H10O.Ce.H2O/c1-2-3-4-5-6;;/h5-6H,1-4H2;;1H2/q-2;;. The van der Waals surface area contributed by atoms with Gasteiger partial charge in [-0.2, -0.15) is 12.8 Å². The van der Waals surface area contributed by atoms with Gasteiger partial charge in [-0.3, -0.25) is 0 Å². The number of hydrogen-bond donors (Lipinski definition) is 1. The molecule has 50 valence electrons. The fourth-order valence-corrected chi connectivity index (χ4v) is 0.236. The van der Waals surface area contributed by atoms with E-state index >= 15 is 0 Å². The van der Waals surface area contributed by atoms with Crippen molar-refractivity contribution >= 4 is 0 Å². The second kappa shape index (κ2) is 15.7. The summed E-state index contributed by atoms with van der Waals surface area (Å²) in [5.74, 6) is 0. The molecule has 0 heterocycles. The Morgan fingerprint density at radius 2 is 2.00 bits per heavy atom. The maximum absolute atomic E-state index is 8.04. The summed E-state index contributed by atoms with van der Waals surface area (Å²) in [4.78, 5) is 0. The largest absolute Gasteiger partial charge is 0.566 e. The van der Waals surface area contributed by atoms with E-state index in [-0.39, 0.29) is 47.2 Å². The molecule has 0 fully saturated rings. The van der Waals surface area contributed by atoms with Gasteiger partial charge >= 0.3 is 0 Å². The minimum absolute atomic E-state index is 0. The van der Waals surface area contributed by atoms with Crippen molar-refractivity contribution in [3.8, 4) is 0 Å². The van der Waals surface area contributed by atoms with Crippen molar-refractivity contribution in [1.29, 1.82) is 0 Å². The van der Waals surface area contributed by atoms with Gasteiger partial charge in [-0.1, -0.05) is 0 Å². The van der Waals surface area contributed by atoms with Gasteiger partial charge in [0.25, 0.3) is 0 Å². The molecule has 0 atom stereocenters. The van der Waals surface area contributed by atoms with E-state index in [1.807, 2.05) is 0 Å². The van der Waals surface area contributed by atoms with Gasteiger partial charge in [0.2, 0.25) is 0 Å². The van der Waals surface area contributed by atoms with Crippen LogP contribution in [0.25, 0.3) is 0 Å². The SMILES string of the molecule is O.[CH2-]CCC[CH-]O.[Ce]. The molecule has 0 unspecified atom stereocenters. The number of hydrogen-bond acceptors (Lipinski definition) is 1. The molecule has 0 aliphatic carbocycles. The van der Waals surface area contributed by atoms with Gasteiger partial charge in [-0.25, -0.2) is 6.61 Å². The van der Waals surface area contributed by atoms with Gasteiger partial charge in [-0.05, 0) is 0 Å². The van der Waals surface area contributed by atoms with Gasteiger partial charge in [-0.15, -0.1) is 6.42 Å². The summed E-state index contributed by atoms with van der Waals surface area (Å²) in [5, 5.41) is 8.04. The van der Waals surface area contributed by atoms with Crippen molar-refractivity contribution in [2.75, 3.05) is 0 Å². The van der Waals surface area contributed by atoms with Crippen molar-refractivity contribution in [3.05, 3.63) is 13.5 Å². The van der Waals surface area contributed by atoms with Crippen LogP contribution in [0.3, 0.4) is 0 Å². The third-order valence-electron chi connectivity index (χ3n) is 0.583. The van der Waals surface area contributed by atoms with Gasteiger partial charge in [0.15, 0.2) is 0 Å². The monoisotopic (exact) mass is 244 g/mol. The maximum Gasteiger partial charge on any atom is 0 e. The Morgan fingerprint density at radius 1 is 1.50 bits per heavy atom. The van der Waals surface area contributed by atoms with E-state index in [0.29, 0.717) is 0 Å². The molecule has 0 bridgehead atoms. The fourth-order valence-electron chi connectivity index (χ4n) is 0.236. The molecule has 0 saturated carbocycles. The normalized spacial score (nSPS) is 6.75. The maximum atomic E-state index is 8.04. The van der Waals surface area contributed by atoms with Crippen LogP contribution >= 0.6 is 0 Å². The Bertz CT molecular complexity index is 22.4. The summed E-state index contributed by atoms with van der Waals surface area (Å²) in [6, 6.07) is 0. The molecule has 2 nitrogen and oxygen atoms in total. The molecule has 3 heteroatoms. The van der Waals surface area contributed by atoms with Gasteiger partial charge < -0.3 is 17.5 Å². The molecule has 3 N–H and O–H groups in total. The Balaban J connectivity index is -0.000000125. The Labute approximate surface area is 84.4 Å². The summed E-state index contributed by atoms with van der Waals surface area (Å²) < 4.78 is 0. The van der Waals surface area contributed by atoms with Crippen molar-refractivity contribution in [2.24, 2.45) is 0 Å². The van der Waals surface area contributed by atoms with Crippen LogP contribution in [-0.4, -0.2) is 10.6 Å². The molecule has 0 aromatic carbocycles. The second-order valence-electron chi connectivity index (χ2n) is 1.18. The Hall–Kier alpha value is 1.30. The average molecular weight is 244 g/mol. The van der Waals surface area contributed by atoms with Gasteiger partial charge in [0.05, 0.1) is 0 Å². The van der Waals surface area contributed by atoms with Gasteiger partial charge in [0, 0.05) is 41.7 Å².